The molecule has 2 atom stereocenters. The lowest BCUT2D eigenvalue weighted by molar-refractivity contribution is -0.175. The van der Waals surface area contributed by atoms with Gasteiger partial charge in [-0.15, -0.1) is 0 Å². The molecule has 19 rings (SSSR count). The van der Waals surface area contributed by atoms with E-state index in [1.165, 1.54) is 164 Å². The fraction of sp³-hybridized carbons (Fsp3) is 0.312. The maximum Gasteiger partial charge on any atom is 0.333 e. The van der Waals surface area contributed by atoms with E-state index in [-0.39, 0.29) is 12.3 Å². The van der Waals surface area contributed by atoms with Crippen LogP contribution in [0.1, 0.15) is 81.8 Å². The molecule has 322 valence electrons. The second-order valence-electron chi connectivity index (χ2n) is 24.0. The number of aromatic nitrogens is 1. The predicted octanol–water partition coefficient (Wildman–Crippen LogP) is 14.5. The molecular weight excluding hydrogens is 808 g/mol. The molecule has 2 nitrogen and oxygen atoms in total. The summed E-state index contributed by atoms with van der Waals surface area (Å²) in [6.45, 7) is 0.00373. The van der Waals surface area contributed by atoms with Crippen molar-refractivity contribution in [2.45, 2.75) is 81.5 Å². The number of rotatable bonds is 4. The van der Waals surface area contributed by atoms with Gasteiger partial charge in [0.15, 0.2) is 0 Å². The first-order valence-electron chi connectivity index (χ1n) is 26.2. The molecule has 8 aliphatic carbocycles. The van der Waals surface area contributed by atoms with Gasteiger partial charge in [-0.25, -0.2) is 0 Å². The fourth-order valence-electron chi connectivity index (χ4n) is 19.3. The highest BCUT2D eigenvalue weighted by Crippen LogP contribution is 2.84. The Morgan fingerprint density at radius 2 is 1.13 bits per heavy atom. The third-order valence-corrected chi connectivity index (χ3v) is 21.3. The maximum atomic E-state index is 2.82. The van der Waals surface area contributed by atoms with Crippen molar-refractivity contribution in [1.82, 2.24) is 4.57 Å². The molecular formula is C64H53BN2. The van der Waals surface area contributed by atoms with Crippen LogP contribution in [0.3, 0.4) is 0 Å². The van der Waals surface area contributed by atoms with Gasteiger partial charge in [0.2, 0.25) is 0 Å². The quantitative estimate of drug-likeness (QED) is 0.160. The third kappa shape index (κ3) is 4.28. The summed E-state index contributed by atoms with van der Waals surface area (Å²) in [6, 6.07) is 60.1. The second-order valence-corrected chi connectivity index (χ2v) is 24.0. The van der Waals surface area contributed by atoms with Gasteiger partial charge in [0.05, 0.1) is 11.0 Å². The molecule has 10 aliphatic rings. The Hall–Kier alpha value is -6.06. The molecule has 3 heterocycles. The molecule has 8 aromatic carbocycles. The summed E-state index contributed by atoms with van der Waals surface area (Å²) in [5, 5.41) is 8.34. The molecule has 2 aliphatic heterocycles. The molecule has 0 N–H and O–H groups in total. The molecule has 1 spiro atoms. The van der Waals surface area contributed by atoms with Crippen LogP contribution >= 0.6 is 0 Å². The molecule has 8 fully saturated rings. The lowest BCUT2D eigenvalue weighted by atomic mass is 9.38. The van der Waals surface area contributed by atoms with E-state index in [9.17, 15) is 0 Å². The minimum Gasteiger partial charge on any atom is -0.376 e. The zero-order valence-electron chi connectivity index (χ0n) is 38.1. The Morgan fingerprint density at radius 3 is 1.87 bits per heavy atom. The highest BCUT2D eigenvalue weighted by atomic mass is 15.1. The van der Waals surface area contributed by atoms with Gasteiger partial charge in [-0.3, -0.25) is 0 Å². The topological polar surface area (TPSA) is 8.17 Å². The summed E-state index contributed by atoms with van der Waals surface area (Å²) in [6.07, 6.45) is 15.9. The number of hydrogen-bond acceptors (Lipinski definition) is 1. The van der Waals surface area contributed by atoms with E-state index in [4.69, 9.17) is 0 Å². The molecule has 67 heavy (non-hydrogen) atoms. The Morgan fingerprint density at radius 1 is 0.463 bits per heavy atom. The minimum atomic E-state index is 0.00373. The first-order chi connectivity index (χ1) is 33.0. The lowest BCUT2D eigenvalue weighted by Gasteiger charge is -2.66. The summed E-state index contributed by atoms with van der Waals surface area (Å²) in [7, 11) is 0. The molecule has 3 heteroatoms. The summed E-state index contributed by atoms with van der Waals surface area (Å²) in [5.41, 5.74) is 19.7. The van der Waals surface area contributed by atoms with Gasteiger partial charge in [0.25, 0.3) is 0 Å². The summed E-state index contributed by atoms with van der Waals surface area (Å²) >= 11 is 0. The first-order valence-corrected chi connectivity index (χ1v) is 26.2. The maximum absolute atomic E-state index is 2.82. The van der Waals surface area contributed by atoms with E-state index in [1.54, 1.807) is 11.1 Å². The van der Waals surface area contributed by atoms with Crippen LogP contribution in [0, 0.1) is 40.9 Å². The van der Waals surface area contributed by atoms with Crippen LogP contribution in [0.25, 0.3) is 71.3 Å². The van der Waals surface area contributed by atoms with Crippen molar-refractivity contribution in [3.8, 4) is 27.9 Å². The number of nitrogens with zero attached hydrogens (tertiary/aromatic N) is 2. The molecule has 2 unspecified atom stereocenters. The van der Waals surface area contributed by atoms with Crippen molar-refractivity contribution in [3.05, 3.63) is 163 Å². The number of fused-ring (bicyclic) bond motifs is 12. The van der Waals surface area contributed by atoms with Gasteiger partial charge in [-0.05, 0) is 225 Å². The minimum absolute atomic E-state index is 0.00373. The van der Waals surface area contributed by atoms with Crippen LogP contribution in [-0.4, -0.2) is 11.4 Å². The van der Waals surface area contributed by atoms with Gasteiger partial charge in [0.1, 0.15) is 0 Å². The zero-order valence-corrected chi connectivity index (χ0v) is 38.1. The summed E-state index contributed by atoms with van der Waals surface area (Å²) in [4.78, 5) is 2.79. The Balaban J connectivity index is 0.964. The van der Waals surface area contributed by atoms with Crippen molar-refractivity contribution >= 4 is 72.5 Å². The number of hydrogen-bond donors (Lipinski definition) is 0. The average molecular weight is 861 g/mol. The largest absolute Gasteiger partial charge is 0.376 e. The molecule has 6 bridgehead atoms. The summed E-state index contributed by atoms with van der Waals surface area (Å²) in [5.74, 6) is 5.64. The highest BCUT2D eigenvalue weighted by molar-refractivity contribution is 6.94. The van der Waals surface area contributed by atoms with E-state index in [0.717, 1.165) is 35.5 Å². The molecule has 8 saturated carbocycles. The Kier molecular flexibility index (Phi) is 6.44. The normalized spacial score (nSPS) is 31.6. The zero-order chi connectivity index (χ0) is 43.1. The van der Waals surface area contributed by atoms with Crippen LogP contribution < -0.4 is 15.7 Å². The van der Waals surface area contributed by atoms with Crippen LogP contribution in [0.15, 0.2) is 152 Å². The van der Waals surface area contributed by atoms with Crippen LogP contribution in [-0.2, 0) is 10.8 Å². The Labute approximate surface area is 393 Å². The van der Waals surface area contributed by atoms with E-state index in [2.05, 4.69) is 161 Å². The second kappa shape index (κ2) is 12.0. The van der Waals surface area contributed by atoms with Gasteiger partial charge >= 0.3 is 6.85 Å². The van der Waals surface area contributed by atoms with E-state index in [0.29, 0.717) is 10.8 Å². The van der Waals surface area contributed by atoms with Gasteiger partial charge in [-0.1, -0.05) is 109 Å². The van der Waals surface area contributed by atoms with Crippen molar-refractivity contribution in [3.63, 3.8) is 0 Å². The number of benzene rings is 8. The van der Waals surface area contributed by atoms with Crippen molar-refractivity contribution in [2.75, 3.05) is 4.81 Å². The molecule has 0 radical (unpaired) electrons. The molecule has 1 aromatic heterocycles. The van der Waals surface area contributed by atoms with Crippen molar-refractivity contribution < 1.29 is 0 Å². The predicted molar refractivity (Wildman–Crippen MR) is 278 cm³/mol. The molecule has 0 amide bonds. The molecule has 9 aromatic rings. The van der Waals surface area contributed by atoms with E-state index < -0.39 is 0 Å². The number of anilines is 2. The lowest BCUT2D eigenvalue weighted by Crippen LogP contribution is -2.61. The third-order valence-electron chi connectivity index (χ3n) is 21.3. The standard InChI is InChI=1S/C64H53BN2/c1-2-8-40(9-3-1)41-14-18-49(19-15-41)67-56-20-16-42-10-4-6-12-50(42)58(56)59-51-13-7-5-11-43(51)25-57-60(59)65(67)54-30-45(62-31-37-22-38(32-62)24-39(23-37)33-62)29-53-52-28-44(17-21-55(52)66(57)61(53)54)63-34-47-26-46-27-48(35-63)64(46,47)36-63/h1-21,25,28-30,37-39,46-48H,22-24,26-27,31-36H2. The smallest absolute Gasteiger partial charge is 0.333 e. The van der Waals surface area contributed by atoms with E-state index in [1.807, 2.05) is 0 Å². The monoisotopic (exact) mass is 860 g/mol. The van der Waals surface area contributed by atoms with E-state index >= 15 is 0 Å². The van der Waals surface area contributed by atoms with Crippen LogP contribution in [0.2, 0.25) is 0 Å². The fourth-order valence-corrected chi connectivity index (χ4v) is 19.3. The van der Waals surface area contributed by atoms with Gasteiger partial charge < -0.3 is 9.38 Å². The van der Waals surface area contributed by atoms with Crippen molar-refractivity contribution in [1.29, 1.82) is 0 Å². The van der Waals surface area contributed by atoms with Crippen molar-refractivity contribution in [2.24, 2.45) is 40.9 Å². The van der Waals surface area contributed by atoms with Crippen LogP contribution in [0.4, 0.5) is 11.4 Å². The Bertz CT molecular complexity index is 3660. The summed E-state index contributed by atoms with van der Waals surface area (Å²) < 4.78 is 2.78. The highest BCUT2D eigenvalue weighted by Gasteiger charge is 2.77. The van der Waals surface area contributed by atoms with Gasteiger partial charge in [0, 0.05) is 33.4 Å². The van der Waals surface area contributed by atoms with Crippen LogP contribution in [0.5, 0.6) is 0 Å². The first kappa shape index (κ1) is 36.0. The average Bonchev–Trinajstić information content (AvgIpc) is 3.98. The van der Waals surface area contributed by atoms with Gasteiger partial charge in [-0.2, -0.15) is 0 Å². The SMILES string of the molecule is c1ccc(-c2ccc(N3B4c5c(cc6ccccc6c5-c5c3ccc3ccccc53)-n3c5ccc(C67CC8CC9CC(C6)C98C7)cc5c5cc(C67CC8CC(CC(C8)C6)C7)cc4c53)cc2)cc1. The molecule has 0 saturated heterocycles.